The summed E-state index contributed by atoms with van der Waals surface area (Å²) < 4.78 is 5.69. The van der Waals surface area contributed by atoms with Crippen LogP contribution in [0.15, 0.2) is 45.7 Å². The summed E-state index contributed by atoms with van der Waals surface area (Å²) in [5.41, 5.74) is 1.26. The average Bonchev–Trinajstić information content (AvgIpc) is 3.08. The molecule has 0 saturated carbocycles. The number of carbonyl (C=O) groups is 1. The first-order valence-corrected chi connectivity index (χ1v) is 8.45. The van der Waals surface area contributed by atoms with Crippen LogP contribution in [0.5, 0.6) is 0 Å². The van der Waals surface area contributed by atoms with Crippen LogP contribution in [-0.2, 0) is 0 Å². The molecule has 3 heterocycles. The van der Waals surface area contributed by atoms with Crippen molar-refractivity contribution in [1.82, 2.24) is 14.9 Å². The van der Waals surface area contributed by atoms with E-state index in [2.05, 4.69) is 9.97 Å². The van der Waals surface area contributed by atoms with Crippen molar-refractivity contribution in [1.29, 1.82) is 0 Å². The van der Waals surface area contributed by atoms with Crippen molar-refractivity contribution in [3.8, 4) is 0 Å². The Bertz CT molecular complexity index is 989. The number of nitrogens with zero attached hydrogens (tertiary/aromatic N) is 2. The van der Waals surface area contributed by atoms with E-state index in [-0.39, 0.29) is 23.0 Å². The number of aryl methyl sites for hydroxylation is 1. The molecule has 0 unspecified atom stereocenters. The first-order chi connectivity index (χ1) is 12.1. The molecule has 1 amide bonds. The number of imidazole rings is 1. The summed E-state index contributed by atoms with van der Waals surface area (Å²) in [7, 11) is 0. The third-order valence-corrected chi connectivity index (χ3v) is 4.66. The van der Waals surface area contributed by atoms with Crippen molar-refractivity contribution in [2.24, 2.45) is 0 Å². The van der Waals surface area contributed by atoms with E-state index in [4.69, 9.17) is 4.42 Å². The quantitative estimate of drug-likeness (QED) is 0.780. The van der Waals surface area contributed by atoms with Crippen molar-refractivity contribution >= 4 is 16.9 Å². The normalized spacial score (nSPS) is 17.8. The number of piperidine rings is 1. The Morgan fingerprint density at radius 2 is 2.20 bits per heavy atom. The Hall–Kier alpha value is -2.89. The molecule has 0 bridgehead atoms. The third-order valence-electron chi connectivity index (χ3n) is 4.66. The van der Waals surface area contributed by atoms with Gasteiger partial charge >= 0.3 is 0 Å². The molecule has 1 aliphatic heterocycles. The molecule has 6 heteroatoms. The fourth-order valence-electron chi connectivity index (χ4n) is 3.39. The van der Waals surface area contributed by atoms with Gasteiger partial charge in [-0.3, -0.25) is 9.59 Å². The lowest BCUT2D eigenvalue weighted by atomic mass is 9.97. The van der Waals surface area contributed by atoms with Gasteiger partial charge in [0.15, 0.2) is 11.2 Å². The molecule has 1 aromatic carbocycles. The monoisotopic (exact) mass is 337 g/mol. The number of fused-ring (bicyclic) bond motifs is 1. The van der Waals surface area contributed by atoms with Crippen LogP contribution < -0.4 is 5.43 Å². The average molecular weight is 337 g/mol. The number of hydrogen-bond donors (Lipinski definition) is 1. The van der Waals surface area contributed by atoms with Crippen LogP contribution in [0.3, 0.4) is 0 Å². The topological polar surface area (TPSA) is 79.2 Å². The molecular formula is C19H19N3O3. The second-order valence-corrected chi connectivity index (χ2v) is 6.51. The van der Waals surface area contributed by atoms with Gasteiger partial charge in [-0.05, 0) is 31.9 Å². The Balaban J connectivity index is 1.61. The summed E-state index contributed by atoms with van der Waals surface area (Å²) in [6, 6.07) is 8.27. The van der Waals surface area contributed by atoms with E-state index in [1.54, 1.807) is 35.4 Å². The zero-order chi connectivity index (χ0) is 17.4. The van der Waals surface area contributed by atoms with E-state index in [1.807, 2.05) is 6.92 Å². The minimum atomic E-state index is -0.240. The molecule has 3 aromatic rings. The number of amides is 1. The number of likely N-dealkylation sites (tertiary alicyclic amines) is 1. The molecule has 2 aromatic heterocycles. The number of rotatable bonds is 2. The zero-order valence-corrected chi connectivity index (χ0v) is 14.0. The number of benzene rings is 1. The first kappa shape index (κ1) is 15.6. The molecule has 1 atom stereocenters. The highest BCUT2D eigenvalue weighted by Gasteiger charge is 2.28. The molecule has 1 aliphatic rings. The van der Waals surface area contributed by atoms with Crippen LogP contribution in [-0.4, -0.2) is 33.9 Å². The highest BCUT2D eigenvalue weighted by Crippen LogP contribution is 2.26. The Labute approximate surface area is 144 Å². The van der Waals surface area contributed by atoms with Gasteiger partial charge < -0.3 is 14.3 Å². The van der Waals surface area contributed by atoms with Crippen molar-refractivity contribution < 1.29 is 9.21 Å². The van der Waals surface area contributed by atoms with Crippen LogP contribution in [0.2, 0.25) is 0 Å². The van der Waals surface area contributed by atoms with Crippen molar-refractivity contribution in [2.75, 3.05) is 13.1 Å². The van der Waals surface area contributed by atoms with Crippen LogP contribution in [0.25, 0.3) is 11.0 Å². The van der Waals surface area contributed by atoms with Crippen LogP contribution >= 0.6 is 0 Å². The van der Waals surface area contributed by atoms with Crippen molar-refractivity contribution in [2.45, 2.75) is 25.7 Å². The molecule has 4 rings (SSSR count). The Kier molecular flexibility index (Phi) is 3.87. The summed E-state index contributed by atoms with van der Waals surface area (Å²) in [5.74, 6) is 0.948. The number of carbonyl (C=O) groups excluding carboxylic acids is 1. The number of aromatic amines is 1. The lowest BCUT2D eigenvalue weighted by molar-refractivity contribution is 0.0673. The van der Waals surface area contributed by atoms with Gasteiger partial charge in [0.25, 0.3) is 5.91 Å². The van der Waals surface area contributed by atoms with Crippen LogP contribution in [0, 0.1) is 6.92 Å². The summed E-state index contributed by atoms with van der Waals surface area (Å²) in [6.45, 7) is 3.19. The van der Waals surface area contributed by atoms with E-state index in [0.29, 0.717) is 24.1 Å². The highest BCUT2D eigenvalue weighted by atomic mass is 16.3. The molecule has 128 valence electrons. The largest absolute Gasteiger partial charge is 0.451 e. The lowest BCUT2D eigenvalue weighted by Gasteiger charge is -2.31. The Morgan fingerprint density at radius 1 is 1.36 bits per heavy atom. The summed E-state index contributed by atoms with van der Waals surface area (Å²) in [6.07, 6.45) is 3.69. The minimum absolute atomic E-state index is 0.0972. The fraction of sp³-hybridized carbons (Fsp3) is 0.316. The number of aromatic nitrogens is 2. The molecule has 0 aliphatic carbocycles. The van der Waals surface area contributed by atoms with Crippen molar-refractivity contribution in [3.05, 3.63) is 64.0 Å². The number of nitrogens with one attached hydrogen (secondary N) is 1. The van der Waals surface area contributed by atoms with E-state index < -0.39 is 0 Å². The maximum Gasteiger partial charge on any atom is 0.289 e. The summed E-state index contributed by atoms with van der Waals surface area (Å²) in [5, 5.41) is 0.488. The molecular weight excluding hydrogens is 318 g/mol. The molecule has 1 fully saturated rings. The summed E-state index contributed by atoms with van der Waals surface area (Å²) >= 11 is 0. The van der Waals surface area contributed by atoms with E-state index in [9.17, 15) is 9.59 Å². The standard InChI is InChI=1S/C19H19N3O3/c1-12-10-20-18(21-12)13-5-4-8-22(11-13)19(24)17-9-15(23)14-6-2-3-7-16(14)25-17/h2-3,6-7,9-10,13H,4-5,8,11H2,1H3,(H,20,21)/t13-/m0/s1. The van der Waals surface area contributed by atoms with Crippen molar-refractivity contribution in [3.63, 3.8) is 0 Å². The van der Waals surface area contributed by atoms with Gasteiger partial charge in [0.1, 0.15) is 11.4 Å². The second kappa shape index (κ2) is 6.20. The van der Waals surface area contributed by atoms with Gasteiger partial charge in [-0.2, -0.15) is 0 Å². The smallest absolute Gasteiger partial charge is 0.289 e. The Morgan fingerprint density at radius 3 is 3.00 bits per heavy atom. The minimum Gasteiger partial charge on any atom is -0.451 e. The van der Waals surface area contributed by atoms with Gasteiger partial charge in [-0.15, -0.1) is 0 Å². The molecule has 0 spiro atoms. The fourth-order valence-corrected chi connectivity index (χ4v) is 3.39. The maximum atomic E-state index is 12.8. The molecule has 25 heavy (non-hydrogen) atoms. The van der Waals surface area contributed by atoms with Gasteiger partial charge in [-0.1, -0.05) is 12.1 Å². The molecule has 6 nitrogen and oxygen atoms in total. The van der Waals surface area contributed by atoms with Gasteiger partial charge in [0, 0.05) is 37.0 Å². The molecule has 0 radical (unpaired) electrons. The van der Waals surface area contributed by atoms with Gasteiger partial charge in [0.2, 0.25) is 0 Å². The predicted octanol–water partition coefficient (Wildman–Crippen LogP) is 2.84. The SMILES string of the molecule is Cc1cnc([C@H]2CCCN(C(=O)c3cc(=O)c4ccccc4o3)C2)[nH]1. The number of hydrogen-bond acceptors (Lipinski definition) is 4. The van der Waals surface area contributed by atoms with Crippen LogP contribution in [0.4, 0.5) is 0 Å². The third kappa shape index (κ3) is 2.95. The van der Waals surface area contributed by atoms with E-state index in [1.165, 1.54) is 6.07 Å². The number of H-pyrrole nitrogens is 1. The summed E-state index contributed by atoms with van der Waals surface area (Å²) in [4.78, 5) is 34.5. The first-order valence-electron chi connectivity index (χ1n) is 8.45. The molecule has 1 N–H and O–H groups in total. The second-order valence-electron chi connectivity index (χ2n) is 6.51. The van der Waals surface area contributed by atoms with Gasteiger partial charge in [0.05, 0.1) is 5.39 Å². The zero-order valence-electron chi connectivity index (χ0n) is 14.0. The number of para-hydroxylation sites is 1. The van der Waals surface area contributed by atoms with E-state index >= 15 is 0 Å². The maximum absolute atomic E-state index is 12.8. The lowest BCUT2D eigenvalue weighted by Crippen LogP contribution is -2.39. The van der Waals surface area contributed by atoms with Gasteiger partial charge in [-0.25, -0.2) is 4.98 Å². The van der Waals surface area contributed by atoms with Crippen LogP contribution in [0.1, 0.15) is 40.8 Å². The predicted molar refractivity (Wildman–Crippen MR) is 93.7 cm³/mol. The molecule has 1 saturated heterocycles. The highest BCUT2D eigenvalue weighted by molar-refractivity contribution is 5.93. The van der Waals surface area contributed by atoms with E-state index in [0.717, 1.165) is 24.4 Å².